The molecule has 0 N–H and O–H groups in total. The second-order valence-electron chi connectivity index (χ2n) is 10.8. The van der Waals surface area contributed by atoms with Crippen LogP contribution in [0.4, 0.5) is 0 Å². The lowest BCUT2D eigenvalue weighted by Gasteiger charge is -2.05. The Labute approximate surface area is 246 Å². The smallest absolute Gasteiger partial charge is 0.110 e. The molecular weight excluding hydrogens is 553 g/mol. The van der Waals surface area contributed by atoms with Crippen molar-refractivity contribution in [3.05, 3.63) is 0 Å². The molecule has 0 rings (SSSR count). The van der Waals surface area contributed by atoms with Crippen molar-refractivity contribution in [3.8, 4) is 0 Å². The number of hydrogen-bond acceptors (Lipinski definition) is 4. The number of unbranched alkanes of at least 4 members (excludes halogenated alkanes) is 21. The van der Waals surface area contributed by atoms with E-state index < -0.39 is 39.3 Å². The standard InChI is InChI=1S/C30H62O4S4/c1-3-5-7-9-11-15-19-23-27-35(31)37(33)29-25-21-17-13-14-18-22-26-30-38(34)36(32)28-24-20-16-12-10-8-6-4-2/h3-30H2,1-2H3. The van der Waals surface area contributed by atoms with Crippen LogP contribution in [0.2, 0.25) is 0 Å². The molecule has 0 aromatic heterocycles. The van der Waals surface area contributed by atoms with Gasteiger partial charge in [-0.25, -0.2) is 16.8 Å². The molecule has 230 valence electrons. The molecule has 0 saturated heterocycles. The third kappa shape index (κ3) is 26.8. The van der Waals surface area contributed by atoms with E-state index in [1.165, 1.54) is 89.9 Å². The van der Waals surface area contributed by atoms with Gasteiger partial charge in [0.15, 0.2) is 0 Å². The average molecular weight is 615 g/mol. The summed E-state index contributed by atoms with van der Waals surface area (Å²) < 4.78 is 48.7. The van der Waals surface area contributed by atoms with Crippen LogP contribution in [0.1, 0.15) is 168 Å². The van der Waals surface area contributed by atoms with Gasteiger partial charge in [0, 0.05) is 23.0 Å². The lowest BCUT2D eigenvalue weighted by Crippen LogP contribution is -2.08. The maximum Gasteiger partial charge on any atom is 0.110 e. The highest BCUT2D eigenvalue weighted by molar-refractivity contribution is 8.61. The van der Waals surface area contributed by atoms with Crippen LogP contribution in [0.15, 0.2) is 0 Å². The lowest BCUT2D eigenvalue weighted by molar-refractivity contribution is 0.584. The molecule has 0 radical (unpaired) electrons. The van der Waals surface area contributed by atoms with Crippen molar-refractivity contribution < 1.29 is 16.8 Å². The van der Waals surface area contributed by atoms with Crippen LogP contribution in [-0.2, 0) is 39.3 Å². The largest absolute Gasteiger partial charge is 0.246 e. The molecule has 4 nitrogen and oxygen atoms in total. The summed E-state index contributed by atoms with van der Waals surface area (Å²) in [5, 5.41) is 0. The van der Waals surface area contributed by atoms with Gasteiger partial charge in [-0.05, 0) is 25.7 Å². The first kappa shape index (κ1) is 38.6. The van der Waals surface area contributed by atoms with E-state index in [9.17, 15) is 16.8 Å². The van der Waals surface area contributed by atoms with E-state index >= 15 is 0 Å². The minimum atomic E-state index is -1.18. The quantitative estimate of drug-likeness (QED) is 0.0577. The van der Waals surface area contributed by atoms with Gasteiger partial charge >= 0.3 is 0 Å². The summed E-state index contributed by atoms with van der Waals surface area (Å²) in [6, 6.07) is 0. The van der Waals surface area contributed by atoms with Gasteiger partial charge < -0.3 is 0 Å². The van der Waals surface area contributed by atoms with Gasteiger partial charge in [-0.15, -0.1) is 0 Å². The van der Waals surface area contributed by atoms with E-state index in [0.29, 0.717) is 23.0 Å². The fourth-order valence-corrected chi connectivity index (χ4v) is 10.7. The van der Waals surface area contributed by atoms with Gasteiger partial charge in [-0.2, -0.15) is 0 Å². The Bertz CT molecular complexity index is 561. The molecule has 8 heteroatoms. The maximum atomic E-state index is 12.2. The Hall–Kier alpha value is 0.600. The fraction of sp³-hybridized carbons (Fsp3) is 1.00. The van der Waals surface area contributed by atoms with Crippen LogP contribution < -0.4 is 0 Å². The van der Waals surface area contributed by atoms with E-state index in [1.54, 1.807) is 0 Å². The monoisotopic (exact) mass is 614 g/mol. The molecule has 0 spiro atoms. The van der Waals surface area contributed by atoms with Gasteiger partial charge in [0.2, 0.25) is 0 Å². The predicted molar refractivity (Wildman–Crippen MR) is 174 cm³/mol. The van der Waals surface area contributed by atoms with Gasteiger partial charge in [-0.3, -0.25) is 0 Å². The molecule has 0 amide bonds. The minimum Gasteiger partial charge on any atom is -0.246 e. The van der Waals surface area contributed by atoms with Crippen LogP contribution in [0, 0.1) is 0 Å². The van der Waals surface area contributed by atoms with Crippen molar-refractivity contribution in [1.82, 2.24) is 0 Å². The Kier molecular flexibility index (Phi) is 31.0. The van der Waals surface area contributed by atoms with E-state index in [2.05, 4.69) is 13.8 Å². The molecule has 0 aromatic rings. The molecule has 38 heavy (non-hydrogen) atoms. The Morgan fingerprint density at radius 3 is 0.605 bits per heavy atom. The summed E-state index contributed by atoms with van der Waals surface area (Å²) >= 11 is 0. The zero-order valence-electron chi connectivity index (χ0n) is 25.1. The van der Waals surface area contributed by atoms with Gasteiger partial charge in [0.25, 0.3) is 0 Å². The SMILES string of the molecule is CCCCCCCCCCS(=O)S(=O)CCCCCCCCCCS(=O)S(=O)CCCCCCCCCC. The van der Waals surface area contributed by atoms with Crippen molar-refractivity contribution in [2.75, 3.05) is 23.0 Å². The summed E-state index contributed by atoms with van der Waals surface area (Å²) in [6.45, 7) is 4.46. The molecule has 0 aliphatic heterocycles. The summed E-state index contributed by atoms with van der Waals surface area (Å²) in [4.78, 5) is 0. The topological polar surface area (TPSA) is 68.3 Å². The molecule has 4 atom stereocenters. The third-order valence-electron chi connectivity index (χ3n) is 7.12. The normalized spacial score (nSPS) is 14.9. The van der Waals surface area contributed by atoms with Crippen LogP contribution in [-0.4, -0.2) is 39.8 Å². The zero-order chi connectivity index (χ0) is 28.1. The molecule has 0 heterocycles. The lowest BCUT2D eigenvalue weighted by atomic mass is 10.1. The Morgan fingerprint density at radius 2 is 0.421 bits per heavy atom. The van der Waals surface area contributed by atoms with Crippen molar-refractivity contribution in [2.24, 2.45) is 0 Å². The predicted octanol–water partition coefficient (Wildman–Crippen LogP) is 9.21. The molecule has 0 aliphatic rings. The van der Waals surface area contributed by atoms with Crippen molar-refractivity contribution in [2.45, 2.75) is 168 Å². The van der Waals surface area contributed by atoms with Crippen molar-refractivity contribution in [3.63, 3.8) is 0 Å². The molecule has 0 bridgehead atoms. The molecule has 0 aliphatic carbocycles. The second kappa shape index (κ2) is 30.6. The van der Waals surface area contributed by atoms with Crippen molar-refractivity contribution in [1.29, 1.82) is 0 Å². The molecule has 0 saturated carbocycles. The second-order valence-corrected chi connectivity index (χ2v) is 19.3. The highest BCUT2D eigenvalue weighted by atomic mass is 33.1. The summed E-state index contributed by atoms with van der Waals surface area (Å²) in [7, 11) is -4.72. The highest BCUT2D eigenvalue weighted by Gasteiger charge is 2.10. The van der Waals surface area contributed by atoms with Crippen molar-refractivity contribution >= 4 is 39.3 Å². The van der Waals surface area contributed by atoms with E-state index in [1.807, 2.05) is 0 Å². The van der Waals surface area contributed by atoms with Crippen LogP contribution in [0.3, 0.4) is 0 Å². The highest BCUT2D eigenvalue weighted by Crippen LogP contribution is 2.13. The first-order valence-electron chi connectivity index (χ1n) is 16.1. The fourth-order valence-electron chi connectivity index (χ4n) is 4.58. The van der Waals surface area contributed by atoms with Gasteiger partial charge in [0.1, 0.15) is 39.3 Å². The summed E-state index contributed by atoms with van der Waals surface area (Å²) in [5.41, 5.74) is 0. The van der Waals surface area contributed by atoms with E-state index in [0.717, 1.165) is 64.2 Å². The number of hydrogen-bond donors (Lipinski definition) is 0. The summed E-state index contributed by atoms with van der Waals surface area (Å²) in [5.74, 6) is 2.34. The van der Waals surface area contributed by atoms with Crippen LogP contribution >= 0.6 is 0 Å². The number of rotatable bonds is 31. The van der Waals surface area contributed by atoms with Crippen LogP contribution in [0.5, 0.6) is 0 Å². The summed E-state index contributed by atoms with van der Waals surface area (Å²) in [6.07, 6.45) is 28.1. The zero-order valence-corrected chi connectivity index (χ0v) is 28.3. The molecule has 0 aromatic carbocycles. The van der Waals surface area contributed by atoms with Gasteiger partial charge in [0.05, 0.1) is 0 Å². The Balaban J connectivity index is 3.47. The third-order valence-corrected chi connectivity index (χ3v) is 14.9. The first-order valence-corrected chi connectivity index (χ1v) is 22.4. The maximum absolute atomic E-state index is 12.2. The minimum absolute atomic E-state index is 0.575. The molecular formula is C30H62O4S4. The average Bonchev–Trinajstić information content (AvgIpc) is 2.92. The Morgan fingerprint density at radius 1 is 0.263 bits per heavy atom. The first-order chi connectivity index (χ1) is 18.5. The molecule has 0 fully saturated rings. The van der Waals surface area contributed by atoms with Crippen LogP contribution in [0.25, 0.3) is 0 Å². The molecule has 4 unspecified atom stereocenters. The van der Waals surface area contributed by atoms with Gasteiger partial charge in [-0.1, -0.05) is 142 Å². The van der Waals surface area contributed by atoms with E-state index in [-0.39, 0.29) is 0 Å². The van der Waals surface area contributed by atoms with E-state index in [4.69, 9.17) is 0 Å².